The molecular weight excluding hydrogens is 441 g/mol. The van der Waals surface area contributed by atoms with Crippen molar-refractivity contribution in [1.29, 1.82) is 0 Å². The molecule has 1 aliphatic heterocycles. The molecule has 0 radical (unpaired) electrons. The molecule has 3 aromatic rings. The van der Waals surface area contributed by atoms with Crippen molar-refractivity contribution in [3.05, 3.63) is 88.7 Å². The van der Waals surface area contributed by atoms with Gasteiger partial charge in [-0.3, -0.25) is 9.59 Å². The van der Waals surface area contributed by atoms with Crippen LogP contribution in [0.15, 0.2) is 60.7 Å². The Morgan fingerprint density at radius 3 is 2.15 bits per heavy atom. The van der Waals surface area contributed by atoms with E-state index < -0.39 is 23.7 Å². The SMILES string of the molecule is COc1cc([C@H]2[C@@H](C(=O)O)c3ccccc3C(=O)N2Cc2ccc(F)cc2)cc(OC)c1OC. The van der Waals surface area contributed by atoms with Crippen LogP contribution in [0.3, 0.4) is 0 Å². The number of aliphatic carboxylic acids is 1. The number of hydrogen-bond acceptors (Lipinski definition) is 5. The third-order valence-electron chi connectivity index (χ3n) is 6.00. The van der Waals surface area contributed by atoms with E-state index in [0.29, 0.717) is 39.5 Å². The van der Waals surface area contributed by atoms with Crippen LogP contribution in [-0.4, -0.2) is 43.2 Å². The summed E-state index contributed by atoms with van der Waals surface area (Å²) in [6, 6.07) is 14.9. The number of rotatable bonds is 7. The van der Waals surface area contributed by atoms with Crippen molar-refractivity contribution in [2.45, 2.75) is 18.5 Å². The average molecular weight is 465 g/mol. The van der Waals surface area contributed by atoms with Crippen molar-refractivity contribution in [2.75, 3.05) is 21.3 Å². The Balaban J connectivity index is 1.94. The van der Waals surface area contributed by atoms with E-state index in [9.17, 15) is 19.1 Å². The number of carboxylic acid groups (broad SMARTS) is 1. The quantitative estimate of drug-likeness (QED) is 0.556. The van der Waals surface area contributed by atoms with Gasteiger partial charge in [0.15, 0.2) is 11.5 Å². The molecule has 1 heterocycles. The highest BCUT2D eigenvalue weighted by atomic mass is 19.1. The standard InChI is InChI=1S/C26H24FNO6/c1-32-20-12-16(13-21(33-2)24(20)34-3)23-22(26(30)31)18-6-4-5-7-19(18)25(29)28(23)14-15-8-10-17(27)11-9-15/h4-13,22-23H,14H2,1-3H3,(H,30,31)/t22-,23-/m0/s1. The molecule has 2 atom stereocenters. The molecular formula is C26H24FNO6. The predicted octanol–water partition coefficient (Wildman–Crippen LogP) is 4.42. The predicted molar refractivity (Wildman–Crippen MR) is 122 cm³/mol. The molecule has 0 aliphatic carbocycles. The van der Waals surface area contributed by atoms with Crippen LogP contribution in [-0.2, 0) is 11.3 Å². The van der Waals surface area contributed by atoms with E-state index in [1.807, 2.05) is 0 Å². The molecule has 1 amide bonds. The Labute approximate surface area is 196 Å². The summed E-state index contributed by atoms with van der Waals surface area (Å²) in [5.41, 5.74) is 1.91. The van der Waals surface area contributed by atoms with Gasteiger partial charge in [0.25, 0.3) is 5.91 Å². The van der Waals surface area contributed by atoms with Crippen LogP contribution in [0.25, 0.3) is 0 Å². The smallest absolute Gasteiger partial charge is 0.313 e. The van der Waals surface area contributed by atoms with E-state index in [-0.39, 0.29) is 12.5 Å². The van der Waals surface area contributed by atoms with Crippen molar-refractivity contribution in [2.24, 2.45) is 0 Å². The van der Waals surface area contributed by atoms with Gasteiger partial charge in [-0.25, -0.2) is 4.39 Å². The minimum atomic E-state index is -1.08. The van der Waals surface area contributed by atoms with Gasteiger partial charge in [0, 0.05) is 12.1 Å². The minimum Gasteiger partial charge on any atom is -0.493 e. The monoisotopic (exact) mass is 465 g/mol. The van der Waals surface area contributed by atoms with Gasteiger partial charge in [-0.2, -0.15) is 0 Å². The molecule has 1 aliphatic rings. The molecule has 8 heteroatoms. The normalized spacial score (nSPS) is 17.2. The lowest BCUT2D eigenvalue weighted by atomic mass is 9.79. The van der Waals surface area contributed by atoms with Gasteiger partial charge in [-0.15, -0.1) is 0 Å². The molecule has 3 aromatic carbocycles. The Kier molecular flexibility index (Phi) is 6.40. The number of hydrogen-bond donors (Lipinski definition) is 1. The van der Waals surface area contributed by atoms with Crippen molar-refractivity contribution in [3.8, 4) is 17.2 Å². The van der Waals surface area contributed by atoms with Crippen LogP contribution in [0.1, 0.15) is 39.0 Å². The summed E-state index contributed by atoms with van der Waals surface area (Å²) in [6.45, 7) is 0.0819. The van der Waals surface area contributed by atoms with Gasteiger partial charge in [-0.1, -0.05) is 30.3 Å². The van der Waals surface area contributed by atoms with E-state index in [1.54, 1.807) is 48.5 Å². The van der Waals surface area contributed by atoms with Crippen molar-refractivity contribution in [3.63, 3.8) is 0 Å². The van der Waals surface area contributed by atoms with Gasteiger partial charge in [0.2, 0.25) is 5.75 Å². The first-order valence-electron chi connectivity index (χ1n) is 10.6. The Morgan fingerprint density at radius 2 is 1.59 bits per heavy atom. The van der Waals surface area contributed by atoms with Gasteiger partial charge in [-0.05, 0) is 47.0 Å². The first kappa shape index (κ1) is 23.1. The topological polar surface area (TPSA) is 85.3 Å². The van der Waals surface area contributed by atoms with Crippen LogP contribution >= 0.6 is 0 Å². The highest BCUT2D eigenvalue weighted by Gasteiger charge is 2.44. The second-order valence-corrected chi connectivity index (χ2v) is 7.87. The van der Waals surface area contributed by atoms with Gasteiger partial charge >= 0.3 is 5.97 Å². The maximum Gasteiger partial charge on any atom is 0.313 e. The second-order valence-electron chi connectivity index (χ2n) is 7.87. The lowest BCUT2D eigenvalue weighted by Crippen LogP contribution is -2.44. The zero-order valence-corrected chi connectivity index (χ0v) is 18.9. The maximum absolute atomic E-state index is 13.6. The first-order chi connectivity index (χ1) is 16.4. The summed E-state index contributed by atoms with van der Waals surface area (Å²) in [4.78, 5) is 27.7. The van der Waals surface area contributed by atoms with E-state index in [1.165, 1.54) is 38.4 Å². The zero-order chi connectivity index (χ0) is 24.4. The van der Waals surface area contributed by atoms with Crippen LogP contribution in [0.5, 0.6) is 17.2 Å². The number of fused-ring (bicyclic) bond motifs is 1. The number of carboxylic acids is 1. The molecule has 0 saturated heterocycles. The highest BCUT2D eigenvalue weighted by Crippen LogP contribution is 2.47. The molecule has 0 aromatic heterocycles. The fourth-order valence-corrected chi connectivity index (χ4v) is 4.46. The number of halogens is 1. The third-order valence-corrected chi connectivity index (χ3v) is 6.00. The molecule has 34 heavy (non-hydrogen) atoms. The van der Waals surface area contributed by atoms with E-state index >= 15 is 0 Å². The summed E-state index contributed by atoms with van der Waals surface area (Å²) in [6.07, 6.45) is 0. The number of methoxy groups -OCH3 is 3. The molecule has 0 fully saturated rings. The lowest BCUT2D eigenvalue weighted by molar-refractivity contribution is -0.140. The number of amides is 1. The summed E-state index contributed by atoms with van der Waals surface area (Å²) in [5, 5.41) is 10.3. The average Bonchev–Trinajstić information content (AvgIpc) is 2.85. The zero-order valence-electron chi connectivity index (χ0n) is 18.9. The number of carbonyl (C=O) groups excluding carboxylic acids is 1. The maximum atomic E-state index is 13.6. The van der Waals surface area contributed by atoms with Gasteiger partial charge in [0.1, 0.15) is 11.7 Å². The number of benzene rings is 3. The third kappa shape index (κ3) is 4.03. The molecule has 176 valence electrons. The van der Waals surface area contributed by atoms with Crippen LogP contribution in [0.4, 0.5) is 4.39 Å². The molecule has 0 bridgehead atoms. The number of carbonyl (C=O) groups is 2. The second kappa shape index (κ2) is 9.43. The van der Waals surface area contributed by atoms with Gasteiger partial charge < -0.3 is 24.2 Å². The van der Waals surface area contributed by atoms with Crippen molar-refractivity contribution < 1.29 is 33.3 Å². The Bertz CT molecular complexity index is 1200. The molecule has 0 unspecified atom stereocenters. The molecule has 0 spiro atoms. The van der Waals surface area contributed by atoms with Crippen molar-refractivity contribution >= 4 is 11.9 Å². The molecule has 4 rings (SSSR count). The number of ether oxygens (including phenoxy) is 3. The molecule has 1 N–H and O–H groups in total. The fourth-order valence-electron chi connectivity index (χ4n) is 4.46. The first-order valence-corrected chi connectivity index (χ1v) is 10.6. The molecule has 0 saturated carbocycles. The highest BCUT2D eigenvalue weighted by molar-refractivity contribution is 6.00. The fraction of sp³-hybridized carbons (Fsp3) is 0.231. The van der Waals surface area contributed by atoms with Crippen LogP contribution < -0.4 is 14.2 Å². The summed E-state index contributed by atoms with van der Waals surface area (Å²) < 4.78 is 29.8. The van der Waals surface area contributed by atoms with E-state index in [2.05, 4.69) is 0 Å². The van der Waals surface area contributed by atoms with Crippen molar-refractivity contribution in [1.82, 2.24) is 4.90 Å². The van der Waals surface area contributed by atoms with E-state index in [4.69, 9.17) is 14.2 Å². The Hall–Kier alpha value is -4.07. The van der Waals surface area contributed by atoms with Gasteiger partial charge in [0.05, 0.1) is 27.4 Å². The minimum absolute atomic E-state index is 0.0819. The van der Waals surface area contributed by atoms with Crippen LogP contribution in [0.2, 0.25) is 0 Å². The van der Waals surface area contributed by atoms with Crippen LogP contribution in [0, 0.1) is 5.82 Å². The molecule has 7 nitrogen and oxygen atoms in total. The summed E-state index contributed by atoms with van der Waals surface area (Å²) in [7, 11) is 4.40. The lowest BCUT2D eigenvalue weighted by Gasteiger charge is -2.41. The summed E-state index contributed by atoms with van der Waals surface area (Å²) in [5.74, 6) is -1.82. The Morgan fingerprint density at radius 1 is 0.971 bits per heavy atom. The largest absolute Gasteiger partial charge is 0.493 e. The van der Waals surface area contributed by atoms with E-state index in [0.717, 1.165) is 0 Å². The number of nitrogens with zero attached hydrogens (tertiary/aromatic N) is 1. The summed E-state index contributed by atoms with van der Waals surface area (Å²) >= 11 is 0.